The Morgan fingerprint density at radius 3 is 1.79 bits per heavy atom. The second kappa shape index (κ2) is 15.3. The molecule has 61 heavy (non-hydrogen) atoms. The van der Waals surface area contributed by atoms with E-state index in [1.54, 1.807) is 18.5 Å². The van der Waals surface area contributed by atoms with Gasteiger partial charge in [0.1, 0.15) is 5.82 Å². The van der Waals surface area contributed by atoms with Crippen LogP contribution in [0.25, 0.3) is 83.5 Å². The van der Waals surface area contributed by atoms with Crippen molar-refractivity contribution >= 4 is 32.8 Å². The second-order valence-corrected chi connectivity index (χ2v) is 15.7. The number of aromatic nitrogens is 5. The number of hydrogen-bond donors (Lipinski definition) is 0. The fraction of sp³-hybridized carbons (Fsp3) is 0. The van der Waals surface area contributed by atoms with Crippen LogP contribution in [0.5, 0.6) is 11.5 Å². The van der Waals surface area contributed by atoms with E-state index in [-0.39, 0.29) is 0 Å². The molecule has 0 spiro atoms. The Balaban J connectivity index is 1.02. The second-order valence-electron chi connectivity index (χ2n) is 14.7. The molecule has 0 radical (unpaired) electrons. The molecule has 8 heteroatoms. The van der Waals surface area contributed by atoms with Crippen molar-refractivity contribution in [1.29, 1.82) is 0 Å². The first-order valence-electron chi connectivity index (χ1n) is 19.9. The topological polar surface area (TPSA) is 49.8 Å². The van der Waals surface area contributed by atoms with Crippen LogP contribution in [0.3, 0.4) is 0 Å². The summed E-state index contributed by atoms with van der Waals surface area (Å²) in [6.07, 6.45) is 3.21. The first kappa shape index (κ1) is 36.6. The summed E-state index contributed by atoms with van der Waals surface area (Å²) in [5, 5.41) is 2.05. The van der Waals surface area contributed by atoms with E-state index in [0.29, 0.717) is 28.6 Å². The zero-order chi connectivity index (χ0) is 40.9. The number of para-hydroxylation sites is 4. The van der Waals surface area contributed by atoms with Gasteiger partial charge in [0, 0.05) is 12.4 Å². The van der Waals surface area contributed by atoms with Crippen molar-refractivity contribution in [3.8, 4) is 62.2 Å². The van der Waals surface area contributed by atoms with Crippen LogP contribution in [-0.2, 0) is 19.4 Å². The van der Waals surface area contributed by atoms with Gasteiger partial charge in [-0.1, -0.05) is 18.2 Å². The van der Waals surface area contributed by atoms with Crippen LogP contribution >= 0.6 is 0 Å². The number of benzene rings is 7. The van der Waals surface area contributed by atoms with Crippen LogP contribution in [0.1, 0.15) is 0 Å². The number of ether oxygens (including phenoxy) is 1. The Morgan fingerprint density at radius 2 is 1.08 bits per heavy atom. The molecule has 0 aliphatic carbocycles. The summed E-state index contributed by atoms with van der Waals surface area (Å²) < 4.78 is 30.1. The van der Waals surface area contributed by atoms with Crippen molar-refractivity contribution in [2.24, 2.45) is 0 Å². The monoisotopic (exact) mass is 970 g/mol. The number of hydrogen-bond acceptors (Lipinski definition) is 3. The minimum absolute atomic E-state index is 0.349. The fourth-order valence-electron chi connectivity index (χ4n) is 8.39. The third-order valence-corrected chi connectivity index (χ3v) is 12.1. The van der Waals surface area contributed by atoms with Crippen LogP contribution in [0.15, 0.2) is 207 Å². The molecule has 0 aliphatic heterocycles. The van der Waals surface area contributed by atoms with Gasteiger partial charge >= 0.3 is 294 Å². The summed E-state index contributed by atoms with van der Waals surface area (Å²) in [7, 11) is 0. The average molecular weight is 971 g/mol. The molecule has 0 bridgehead atoms. The van der Waals surface area contributed by atoms with E-state index >= 15 is 4.39 Å². The molecule has 4 aromatic heterocycles. The number of fused-ring (bicyclic) bond motifs is 4. The van der Waals surface area contributed by atoms with Gasteiger partial charge in [-0.3, -0.25) is 4.98 Å². The quantitative estimate of drug-likeness (QED) is 0.152. The van der Waals surface area contributed by atoms with E-state index in [1.807, 2.05) is 59.2 Å². The Morgan fingerprint density at radius 1 is 0.459 bits per heavy atom. The molecule has 4 heterocycles. The number of halogens is 1. The molecule has 0 unspecified atom stereocenters. The number of imidazole rings is 1. The maximum absolute atomic E-state index is 15.8. The van der Waals surface area contributed by atoms with E-state index in [4.69, 9.17) is 9.72 Å². The smallest absolute Gasteiger partial charge is 0.256 e. The third kappa shape index (κ3) is 6.42. The molecule has 0 N–H and O–H groups in total. The first-order chi connectivity index (χ1) is 30.1. The molecule has 11 rings (SSSR count). The van der Waals surface area contributed by atoms with E-state index in [9.17, 15) is 0 Å². The van der Waals surface area contributed by atoms with Gasteiger partial charge in [0.2, 0.25) is 0 Å². The molecule has 0 fully saturated rings. The molecular weight excluding hydrogens is 937 g/mol. The SMILES string of the molecule is Fc1cc(-n2c3ccccc3c3ccc(Oc4cccc(-n5[c](=[Pt])n(-c6c(-c7ccccc7)cccc6-c6ccccc6)c6ccccc65)c4)cc32)ncc1-c1ccccn1. The molecular formula is C53H34FN5OPt. The Kier molecular flexibility index (Phi) is 9.17. The summed E-state index contributed by atoms with van der Waals surface area (Å²) in [6, 6.07) is 65.5. The van der Waals surface area contributed by atoms with Crippen LogP contribution in [0.2, 0.25) is 0 Å². The average Bonchev–Trinajstić information content (AvgIpc) is 3.80. The van der Waals surface area contributed by atoms with E-state index in [1.165, 1.54) is 6.07 Å². The molecule has 7 aromatic carbocycles. The Labute approximate surface area is 361 Å². The van der Waals surface area contributed by atoms with Crippen LogP contribution < -0.4 is 4.74 Å². The van der Waals surface area contributed by atoms with Crippen molar-refractivity contribution < 1.29 is 28.5 Å². The zero-order valence-electron chi connectivity index (χ0n) is 32.5. The van der Waals surface area contributed by atoms with Gasteiger partial charge in [0.05, 0.1) is 11.3 Å². The summed E-state index contributed by atoms with van der Waals surface area (Å²) in [4.78, 5) is 9.09. The van der Waals surface area contributed by atoms with Gasteiger partial charge < -0.3 is 0 Å². The molecule has 0 saturated carbocycles. The fourth-order valence-corrected chi connectivity index (χ4v) is 9.49. The summed E-state index contributed by atoms with van der Waals surface area (Å²) in [5.41, 5.74) is 11.4. The summed E-state index contributed by atoms with van der Waals surface area (Å²) in [5.74, 6) is 1.39. The first-order valence-corrected chi connectivity index (χ1v) is 21.1. The van der Waals surface area contributed by atoms with E-state index in [0.717, 1.165) is 70.3 Å². The normalized spacial score (nSPS) is 11.5. The molecule has 6 nitrogen and oxygen atoms in total. The Hall–Kier alpha value is -7.47. The molecule has 0 aliphatic rings. The van der Waals surface area contributed by atoms with Crippen molar-refractivity contribution in [2.45, 2.75) is 0 Å². The Bertz CT molecular complexity index is 3430. The maximum atomic E-state index is 15.8. The predicted octanol–water partition coefficient (Wildman–Crippen LogP) is 13.3. The third-order valence-electron chi connectivity index (χ3n) is 11.1. The van der Waals surface area contributed by atoms with Gasteiger partial charge in [0.15, 0.2) is 0 Å². The number of rotatable bonds is 8. The zero-order valence-corrected chi connectivity index (χ0v) is 34.7. The van der Waals surface area contributed by atoms with Gasteiger partial charge in [0.25, 0.3) is 0 Å². The molecule has 294 valence electrons. The van der Waals surface area contributed by atoms with Gasteiger partial charge in [-0.25, -0.2) is 4.39 Å². The molecule has 11 aromatic rings. The minimum Gasteiger partial charge on any atom is -0.256 e. The van der Waals surface area contributed by atoms with Gasteiger partial charge in [-0.2, -0.15) is 0 Å². The van der Waals surface area contributed by atoms with Gasteiger partial charge in [-0.05, 0) is 12.1 Å². The standard InChI is InChI=1S/C53H34FN5O.Pt/c54-46-33-52(56-34-45(46)47-24-11-12-30-55-47)59-48-25-8-7-21-43(48)44-29-28-40(32-51(44)59)60-39-20-13-19-38(31-39)57-35-58(50-27-10-9-26-49(50)57)53-41(36-15-3-1-4-16-36)22-14-23-42(53)37-17-5-2-6-18-37;/h1-34H;. The predicted molar refractivity (Wildman–Crippen MR) is 239 cm³/mol. The van der Waals surface area contributed by atoms with Gasteiger partial charge in [-0.15, -0.1) is 0 Å². The minimum atomic E-state index is -0.396. The molecule has 0 amide bonds. The molecule has 0 atom stereocenters. The van der Waals surface area contributed by atoms with Crippen molar-refractivity contribution in [2.75, 3.05) is 0 Å². The van der Waals surface area contributed by atoms with Crippen LogP contribution in [0, 0.1) is 9.62 Å². The van der Waals surface area contributed by atoms with Crippen molar-refractivity contribution in [3.05, 3.63) is 216 Å². The van der Waals surface area contributed by atoms with Crippen LogP contribution in [0.4, 0.5) is 4.39 Å². The summed E-state index contributed by atoms with van der Waals surface area (Å²) >= 11 is 2.46. The van der Waals surface area contributed by atoms with E-state index in [2.05, 4.69) is 161 Å². The number of nitrogens with zero attached hydrogens (tertiary/aromatic N) is 5. The number of pyridine rings is 2. The summed E-state index contributed by atoms with van der Waals surface area (Å²) in [6.45, 7) is 0. The van der Waals surface area contributed by atoms with Crippen molar-refractivity contribution in [1.82, 2.24) is 23.7 Å². The molecule has 0 saturated heterocycles. The van der Waals surface area contributed by atoms with E-state index < -0.39 is 5.82 Å². The van der Waals surface area contributed by atoms with Crippen molar-refractivity contribution in [3.63, 3.8) is 0 Å². The van der Waals surface area contributed by atoms with Crippen LogP contribution in [-0.4, -0.2) is 23.7 Å².